The highest BCUT2D eigenvalue weighted by Gasteiger charge is 2.39. The van der Waals surface area contributed by atoms with E-state index in [2.05, 4.69) is 66.1 Å². The first-order valence-electron chi connectivity index (χ1n) is 11.1. The molecule has 2 atom stereocenters. The molecule has 2 unspecified atom stereocenters. The summed E-state index contributed by atoms with van der Waals surface area (Å²) in [7, 11) is 1.50. The molecule has 1 aromatic heterocycles. The summed E-state index contributed by atoms with van der Waals surface area (Å²) in [4.78, 5) is 24.9. The minimum atomic E-state index is -0.122. The summed E-state index contributed by atoms with van der Waals surface area (Å²) in [6.07, 6.45) is 6.26. The minimum absolute atomic E-state index is 0.0933. The van der Waals surface area contributed by atoms with E-state index in [4.69, 9.17) is 4.74 Å². The van der Waals surface area contributed by atoms with Gasteiger partial charge < -0.3 is 10.1 Å². The fourth-order valence-electron chi connectivity index (χ4n) is 4.65. The van der Waals surface area contributed by atoms with Crippen molar-refractivity contribution in [3.63, 3.8) is 0 Å². The number of benzene rings is 1. The number of nitrogens with zero attached hydrogens (tertiary/aromatic N) is 3. The van der Waals surface area contributed by atoms with Gasteiger partial charge in [-0.1, -0.05) is 51.9 Å². The molecule has 2 aromatic rings. The second-order valence-corrected chi connectivity index (χ2v) is 9.49. The van der Waals surface area contributed by atoms with Crippen LogP contribution in [0.25, 0.3) is 0 Å². The van der Waals surface area contributed by atoms with Crippen LogP contribution < -0.4 is 5.32 Å². The number of anilines is 2. The van der Waals surface area contributed by atoms with Gasteiger partial charge in [-0.3, -0.25) is 9.69 Å². The zero-order valence-corrected chi connectivity index (χ0v) is 20.1. The fourth-order valence-corrected chi connectivity index (χ4v) is 5.53. The van der Waals surface area contributed by atoms with E-state index in [-0.39, 0.29) is 17.3 Å². The van der Waals surface area contributed by atoms with Gasteiger partial charge in [0.1, 0.15) is 5.03 Å². The van der Waals surface area contributed by atoms with E-state index in [0.717, 1.165) is 60.3 Å². The predicted octanol–water partition coefficient (Wildman–Crippen LogP) is 5.51. The second-order valence-electron chi connectivity index (χ2n) is 8.46. The van der Waals surface area contributed by atoms with E-state index in [1.807, 2.05) is 0 Å². The van der Waals surface area contributed by atoms with Crippen LogP contribution in [0, 0.1) is 11.3 Å². The number of aromatic nitrogens is 2. The van der Waals surface area contributed by atoms with Crippen LogP contribution in [0.15, 0.2) is 40.5 Å². The van der Waals surface area contributed by atoms with Gasteiger partial charge in [0.25, 0.3) is 0 Å². The Morgan fingerprint density at radius 2 is 2.03 bits per heavy atom. The standard InChI is InChI=1S/C24H34N4O2S/c1-6-11-24(4,18(7-2)23(29)30-5)16-28(8-3)15-17-9-10-20-19(14-17)27-21-22(31-20)26-13-12-25-21/h9-10,12-14,18H,6-8,11,15-16H2,1-5H3,(H,25,27). The quantitative estimate of drug-likeness (QED) is 0.415. The number of nitrogens with one attached hydrogen (secondary N) is 1. The summed E-state index contributed by atoms with van der Waals surface area (Å²) in [5.74, 6) is 0.622. The molecule has 0 radical (unpaired) electrons. The summed E-state index contributed by atoms with van der Waals surface area (Å²) < 4.78 is 5.14. The molecule has 0 bridgehead atoms. The van der Waals surface area contributed by atoms with Crippen LogP contribution in [-0.4, -0.2) is 41.0 Å². The Morgan fingerprint density at radius 3 is 2.71 bits per heavy atom. The van der Waals surface area contributed by atoms with Crippen molar-refractivity contribution in [3.8, 4) is 0 Å². The molecule has 0 fully saturated rings. The molecule has 0 spiro atoms. The van der Waals surface area contributed by atoms with Gasteiger partial charge in [-0.25, -0.2) is 9.97 Å². The Morgan fingerprint density at radius 1 is 1.26 bits per heavy atom. The lowest BCUT2D eigenvalue weighted by Crippen LogP contribution is -2.43. The maximum atomic E-state index is 12.5. The van der Waals surface area contributed by atoms with E-state index in [0.29, 0.717) is 0 Å². The molecule has 0 saturated carbocycles. The molecular formula is C24H34N4O2S. The zero-order chi connectivity index (χ0) is 22.4. The first-order valence-corrected chi connectivity index (χ1v) is 11.9. The minimum Gasteiger partial charge on any atom is -0.469 e. The molecule has 0 aliphatic carbocycles. The highest BCUT2D eigenvalue weighted by molar-refractivity contribution is 7.99. The monoisotopic (exact) mass is 442 g/mol. The van der Waals surface area contributed by atoms with Crippen molar-refractivity contribution in [2.24, 2.45) is 11.3 Å². The first kappa shape index (κ1) is 23.5. The fraction of sp³-hybridized carbons (Fsp3) is 0.542. The van der Waals surface area contributed by atoms with Crippen molar-refractivity contribution in [1.82, 2.24) is 14.9 Å². The summed E-state index contributed by atoms with van der Waals surface area (Å²) in [5.41, 5.74) is 2.19. The van der Waals surface area contributed by atoms with Crippen LogP contribution in [0.5, 0.6) is 0 Å². The van der Waals surface area contributed by atoms with Gasteiger partial charge in [0.05, 0.1) is 18.7 Å². The summed E-state index contributed by atoms with van der Waals surface area (Å²) in [6, 6.07) is 6.55. The lowest BCUT2D eigenvalue weighted by molar-refractivity contribution is -0.151. The molecule has 3 rings (SSSR count). The van der Waals surface area contributed by atoms with E-state index in [1.165, 1.54) is 12.7 Å². The third-order valence-corrected chi connectivity index (χ3v) is 7.23. The van der Waals surface area contributed by atoms with Crippen LogP contribution in [0.1, 0.15) is 52.5 Å². The smallest absolute Gasteiger partial charge is 0.309 e. The molecular weight excluding hydrogens is 408 g/mol. The lowest BCUT2D eigenvalue weighted by Gasteiger charge is -2.40. The number of hydrogen-bond donors (Lipinski definition) is 1. The number of rotatable bonds is 10. The molecule has 7 heteroatoms. The third-order valence-electron chi connectivity index (χ3n) is 6.16. The summed E-state index contributed by atoms with van der Waals surface area (Å²) in [6.45, 7) is 11.3. The van der Waals surface area contributed by atoms with Crippen LogP contribution in [-0.2, 0) is 16.1 Å². The Hall–Kier alpha value is -2.12. The van der Waals surface area contributed by atoms with Gasteiger partial charge >= 0.3 is 5.97 Å². The predicted molar refractivity (Wildman–Crippen MR) is 126 cm³/mol. The average Bonchev–Trinajstić information content (AvgIpc) is 2.77. The summed E-state index contributed by atoms with van der Waals surface area (Å²) >= 11 is 1.64. The van der Waals surface area contributed by atoms with Gasteiger partial charge in [0.2, 0.25) is 0 Å². The molecule has 2 heterocycles. The number of esters is 1. The van der Waals surface area contributed by atoms with Crippen molar-refractivity contribution in [2.45, 2.75) is 63.4 Å². The van der Waals surface area contributed by atoms with Crippen LogP contribution in [0.3, 0.4) is 0 Å². The first-order chi connectivity index (χ1) is 14.9. The van der Waals surface area contributed by atoms with Gasteiger partial charge in [0, 0.05) is 30.4 Å². The van der Waals surface area contributed by atoms with Crippen LogP contribution >= 0.6 is 11.8 Å². The van der Waals surface area contributed by atoms with Crippen molar-refractivity contribution in [1.29, 1.82) is 0 Å². The van der Waals surface area contributed by atoms with E-state index in [1.54, 1.807) is 24.2 Å². The summed E-state index contributed by atoms with van der Waals surface area (Å²) in [5, 5.41) is 4.32. The molecule has 0 amide bonds. The Bertz CT molecular complexity index is 907. The molecule has 31 heavy (non-hydrogen) atoms. The zero-order valence-electron chi connectivity index (χ0n) is 19.3. The number of fused-ring (bicyclic) bond motifs is 2. The van der Waals surface area contributed by atoms with Gasteiger partial charge in [-0.15, -0.1) is 0 Å². The highest BCUT2D eigenvalue weighted by Crippen LogP contribution is 2.42. The maximum absolute atomic E-state index is 12.5. The number of ether oxygens (including phenoxy) is 1. The SMILES string of the molecule is CCCC(C)(CN(CC)Cc1ccc2c(c1)Nc1nccnc1S2)C(CC)C(=O)OC. The Balaban J connectivity index is 1.77. The molecule has 1 aliphatic rings. The van der Waals surface area contributed by atoms with Gasteiger partial charge in [-0.05, 0) is 42.5 Å². The van der Waals surface area contributed by atoms with Crippen LogP contribution in [0.2, 0.25) is 0 Å². The third kappa shape index (κ3) is 5.39. The second kappa shape index (κ2) is 10.5. The molecule has 168 valence electrons. The van der Waals surface area contributed by atoms with Gasteiger partial charge in [-0.2, -0.15) is 0 Å². The Kier molecular flexibility index (Phi) is 7.94. The molecule has 1 aliphatic heterocycles. The van der Waals surface area contributed by atoms with E-state index < -0.39 is 0 Å². The molecule has 6 nitrogen and oxygen atoms in total. The molecule has 0 saturated heterocycles. The number of carbonyl (C=O) groups excluding carboxylic acids is 1. The van der Waals surface area contributed by atoms with Crippen molar-refractivity contribution < 1.29 is 9.53 Å². The topological polar surface area (TPSA) is 67.3 Å². The maximum Gasteiger partial charge on any atom is 0.309 e. The largest absolute Gasteiger partial charge is 0.469 e. The average molecular weight is 443 g/mol. The molecule has 1 N–H and O–H groups in total. The number of carbonyl (C=O) groups is 1. The highest BCUT2D eigenvalue weighted by atomic mass is 32.2. The van der Waals surface area contributed by atoms with Crippen molar-refractivity contribution in [2.75, 3.05) is 25.5 Å². The Labute approximate surface area is 190 Å². The van der Waals surface area contributed by atoms with E-state index >= 15 is 0 Å². The van der Waals surface area contributed by atoms with Crippen molar-refractivity contribution >= 4 is 29.2 Å². The number of hydrogen-bond acceptors (Lipinski definition) is 7. The lowest BCUT2D eigenvalue weighted by atomic mass is 9.72. The van der Waals surface area contributed by atoms with Crippen LogP contribution in [0.4, 0.5) is 11.5 Å². The molecule has 1 aromatic carbocycles. The van der Waals surface area contributed by atoms with Crippen molar-refractivity contribution in [3.05, 3.63) is 36.2 Å². The number of methoxy groups -OCH3 is 1. The normalized spacial score (nSPS) is 15.4. The van der Waals surface area contributed by atoms with E-state index in [9.17, 15) is 4.79 Å². The van der Waals surface area contributed by atoms with Gasteiger partial charge in [0.15, 0.2) is 5.82 Å².